The highest BCUT2D eigenvalue weighted by molar-refractivity contribution is 9.10. The van der Waals surface area contributed by atoms with Crippen LogP contribution in [0.15, 0.2) is 27.6 Å². The molecular weight excluding hydrogens is 386 g/mol. The van der Waals surface area contributed by atoms with E-state index in [4.69, 9.17) is 10.5 Å². The van der Waals surface area contributed by atoms with Crippen LogP contribution in [0.1, 0.15) is 27.2 Å². The van der Waals surface area contributed by atoms with Gasteiger partial charge in [0.05, 0.1) is 4.90 Å². The van der Waals surface area contributed by atoms with Crippen LogP contribution in [0.25, 0.3) is 0 Å². The van der Waals surface area contributed by atoms with Gasteiger partial charge in [-0.25, -0.2) is 17.9 Å². The molecule has 1 amide bonds. The zero-order valence-electron chi connectivity index (χ0n) is 13.3. The number of hydrogen-bond acceptors (Lipinski definition) is 5. The Kier molecular flexibility index (Phi) is 6.84. The molecule has 9 heteroatoms. The van der Waals surface area contributed by atoms with Crippen molar-refractivity contribution in [1.29, 1.82) is 0 Å². The first-order chi connectivity index (χ1) is 10.5. The van der Waals surface area contributed by atoms with Crippen molar-refractivity contribution >= 4 is 37.7 Å². The summed E-state index contributed by atoms with van der Waals surface area (Å²) in [6.07, 6.45) is -0.0998. The zero-order valence-corrected chi connectivity index (χ0v) is 15.8. The number of carbonyl (C=O) groups excluding carboxylic acids is 1. The molecule has 7 nitrogen and oxygen atoms in total. The van der Waals surface area contributed by atoms with Gasteiger partial charge in [-0.2, -0.15) is 0 Å². The van der Waals surface area contributed by atoms with Gasteiger partial charge in [0.2, 0.25) is 10.0 Å². The van der Waals surface area contributed by atoms with E-state index >= 15 is 0 Å². The van der Waals surface area contributed by atoms with Crippen LogP contribution in [0.3, 0.4) is 0 Å². The average Bonchev–Trinajstić information content (AvgIpc) is 2.39. The molecule has 130 valence electrons. The van der Waals surface area contributed by atoms with Crippen LogP contribution in [-0.2, 0) is 14.8 Å². The molecule has 0 spiro atoms. The number of ether oxygens (including phenoxy) is 1. The van der Waals surface area contributed by atoms with Gasteiger partial charge in [-0.3, -0.25) is 0 Å². The molecule has 0 fully saturated rings. The molecule has 4 N–H and O–H groups in total. The minimum atomic E-state index is -3.66. The van der Waals surface area contributed by atoms with Crippen molar-refractivity contribution in [3.8, 4) is 0 Å². The molecule has 1 rings (SSSR count). The molecule has 1 aromatic carbocycles. The van der Waals surface area contributed by atoms with Crippen molar-refractivity contribution in [3.05, 3.63) is 22.7 Å². The summed E-state index contributed by atoms with van der Waals surface area (Å²) in [4.78, 5) is 11.5. The van der Waals surface area contributed by atoms with Gasteiger partial charge in [0.25, 0.3) is 0 Å². The number of hydrogen-bond donors (Lipinski definition) is 3. The summed E-state index contributed by atoms with van der Waals surface area (Å²) >= 11 is 3.19. The Labute approximate surface area is 145 Å². The van der Waals surface area contributed by atoms with E-state index in [0.29, 0.717) is 23.1 Å². The largest absolute Gasteiger partial charge is 0.444 e. The van der Waals surface area contributed by atoms with Gasteiger partial charge >= 0.3 is 6.09 Å². The van der Waals surface area contributed by atoms with Crippen LogP contribution in [0.5, 0.6) is 0 Å². The average molecular weight is 408 g/mol. The number of nitrogens with one attached hydrogen (secondary N) is 2. The lowest BCUT2D eigenvalue weighted by molar-refractivity contribution is 0.0527. The van der Waals surface area contributed by atoms with Crippen LogP contribution in [0.4, 0.5) is 10.5 Å². The Balaban J connectivity index is 2.43. The maximum atomic E-state index is 12.2. The fourth-order valence-electron chi connectivity index (χ4n) is 1.60. The lowest BCUT2D eigenvalue weighted by Crippen LogP contribution is -2.34. The minimum absolute atomic E-state index is 0.0811. The van der Waals surface area contributed by atoms with Crippen molar-refractivity contribution in [2.24, 2.45) is 0 Å². The third kappa shape index (κ3) is 7.19. The van der Waals surface area contributed by atoms with E-state index in [1.54, 1.807) is 32.9 Å². The SMILES string of the molecule is CC(C)(C)OC(=O)NCCCNS(=O)(=O)c1cc(N)ccc1Br. The maximum Gasteiger partial charge on any atom is 0.407 e. The summed E-state index contributed by atoms with van der Waals surface area (Å²) in [5.74, 6) is 0. The molecule has 0 aromatic heterocycles. The highest BCUT2D eigenvalue weighted by Crippen LogP contribution is 2.23. The van der Waals surface area contributed by atoms with Crippen LogP contribution < -0.4 is 15.8 Å². The first kappa shape index (κ1) is 19.7. The lowest BCUT2D eigenvalue weighted by Gasteiger charge is -2.19. The Morgan fingerprint density at radius 2 is 1.96 bits per heavy atom. The second kappa shape index (κ2) is 7.98. The van der Waals surface area contributed by atoms with Gasteiger partial charge < -0.3 is 15.8 Å². The molecule has 0 saturated carbocycles. The van der Waals surface area contributed by atoms with E-state index in [-0.39, 0.29) is 11.4 Å². The fraction of sp³-hybridized carbons (Fsp3) is 0.500. The van der Waals surface area contributed by atoms with Crippen molar-refractivity contribution in [1.82, 2.24) is 10.0 Å². The molecule has 23 heavy (non-hydrogen) atoms. The second-order valence-electron chi connectivity index (χ2n) is 5.87. The zero-order chi connectivity index (χ0) is 17.7. The number of sulfonamides is 1. The third-order valence-electron chi connectivity index (χ3n) is 2.56. The van der Waals surface area contributed by atoms with E-state index in [9.17, 15) is 13.2 Å². The van der Waals surface area contributed by atoms with Crippen molar-refractivity contribution in [3.63, 3.8) is 0 Å². The smallest absolute Gasteiger partial charge is 0.407 e. The number of rotatable bonds is 6. The number of anilines is 1. The van der Waals surface area contributed by atoms with Crippen molar-refractivity contribution < 1.29 is 17.9 Å². The van der Waals surface area contributed by atoms with Gasteiger partial charge in [0, 0.05) is 23.2 Å². The molecule has 0 radical (unpaired) electrons. The summed E-state index contributed by atoms with van der Waals surface area (Å²) in [5, 5.41) is 2.56. The molecular formula is C14H22BrN3O4S. The predicted octanol–water partition coefficient (Wildman–Crippen LogP) is 2.22. The number of carbonyl (C=O) groups is 1. The van der Waals surface area contributed by atoms with E-state index in [1.807, 2.05) is 0 Å². The summed E-state index contributed by atoms with van der Waals surface area (Å²) < 4.78 is 32.3. The van der Waals surface area contributed by atoms with Gasteiger partial charge in [-0.1, -0.05) is 0 Å². The monoisotopic (exact) mass is 407 g/mol. The number of halogens is 1. The molecule has 0 aliphatic rings. The Hall–Kier alpha value is -1.32. The highest BCUT2D eigenvalue weighted by atomic mass is 79.9. The summed E-state index contributed by atoms with van der Waals surface area (Å²) in [7, 11) is -3.66. The molecule has 0 aliphatic carbocycles. The molecule has 0 atom stereocenters. The van der Waals surface area contributed by atoms with E-state index < -0.39 is 21.7 Å². The van der Waals surface area contributed by atoms with E-state index in [2.05, 4.69) is 26.0 Å². The number of alkyl carbamates (subject to hydrolysis) is 1. The van der Waals surface area contributed by atoms with Crippen molar-refractivity contribution in [2.45, 2.75) is 37.7 Å². The minimum Gasteiger partial charge on any atom is -0.444 e. The fourth-order valence-corrected chi connectivity index (χ4v) is 3.67. The molecule has 0 saturated heterocycles. The predicted molar refractivity (Wildman–Crippen MR) is 92.6 cm³/mol. The maximum absolute atomic E-state index is 12.2. The van der Waals surface area contributed by atoms with Crippen LogP contribution in [0, 0.1) is 0 Å². The van der Waals surface area contributed by atoms with Crippen LogP contribution >= 0.6 is 15.9 Å². The topological polar surface area (TPSA) is 111 Å². The molecule has 0 aliphatic heterocycles. The van der Waals surface area contributed by atoms with Crippen LogP contribution in [0.2, 0.25) is 0 Å². The molecule has 0 unspecified atom stereocenters. The van der Waals surface area contributed by atoms with Gasteiger partial charge in [0.1, 0.15) is 5.60 Å². The first-order valence-electron chi connectivity index (χ1n) is 7.03. The van der Waals surface area contributed by atoms with Gasteiger partial charge in [-0.05, 0) is 61.3 Å². The normalized spacial score (nSPS) is 12.0. The van der Waals surface area contributed by atoms with Crippen LogP contribution in [-0.4, -0.2) is 33.2 Å². The Morgan fingerprint density at radius 3 is 2.57 bits per heavy atom. The molecule has 0 heterocycles. The van der Waals surface area contributed by atoms with Gasteiger partial charge in [0.15, 0.2) is 0 Å². The number of nitrogen functional groups attached to an aromatic ring is 1. The molecule has 0 bridgehead atoms. The highest BCUT2D eigenvalue weighted by Gasteiger charge is 2.18. The number of nitrogens with two attached hydrogens (primary N) is 1. The van der Waals surface area contributed by atoms with Gasteiger partial charge in [-0.15, -0.1) is 0 Å². The summed E-state index contributed by atoms with van der Waals surface area (Å²) in [5.41, 5.74) is 5.41. The summed E-state index contributed by atoms with van der Waals surface area (Å²) in [6, 6.07) is 4.56. The van der Waals surface area contributed by atoms with E-state index in [0.717, 1.165) is 0 Å². The molecule has 1 aromatic rings. The first-order valence-corrected chi connectivity index (χ1v) is 9.30. The Morgan fingerprint density at radius 1 is 1.30 bits per heavy atom. The third-order valence-corrected chi connectivity index (χ3v) is 5.01. The lowest BCUT2D eigenvalue weighted by atomic mass is 10.2. The number of amides is 1. The van der Waals surface area contributed by atoms with E-state index in [1.165, 1.54) is 6.07 Å². The number of benzene rings is 1. The standard InChI is InChI=1S/C14H22BrN3O4S/c1-14(2,3)22-13(19)17-7-4-8-18-23(20,21)12-9-10(16)5-6-11(12)15/h5-6,9,18H,4,7-8,16H2,1-3H3,(H,17,19). The second-order valence-corrected chi connectivity index (χ2v) is 8.46. The van der Waals surface area contributed by atoms with Crippen molar-refractivity contribution in [2.75, 3.05) is 18.8 Å². The summed E-state index contributed by atoms with van der Waals surface area (Å²) in [6.45, 7) is 5.79. The Bertz CT molecular complexity index is 656. The quantitative estimate of drug-likeness (QED) is 0.494.